The van der Waals surface area contributed by atoms with Gasteiger partial charge >= 0.3 is 5.97 Å². The van der Waals surface area contributed by atoms with Crippen LogP contribution in [-0.2, 0) is 16.0 Å². The molecule has 4 N–H and O–H groups in total. The number of aliphatic carboxylic acids is 1. The molecule has 1 atom stereocenters. The summed E-state index contributed by atoms with van der Waals surface area (Å²) in [5.74, 6) is -0.438. The van der Waals surface area contributed by atoms with Crippen LogP contribution in [0.3, 0.4) is 0 Å². The third-order valence-electron chi connectivity index (χ3n) is 4.62. The number of benzene rings is 1. The highest BCUT2D eigenvalue weighted by Gasteiger charge is 2.20. The maximum Gasteiger partial charge on any atom is 0.326 e. The van der Waals surface area contributed by atoms with Gasteiger partial charge in [-0.05, 0) is 43.5 Å². The maximum absolute atomic E-state index is 12.0. The van der Waals surface area contributed by atoms with Crippen LogP contribution in [-0.4, -0.2) is 36.2 Å². The summed E-state index contributed by atoms with van der Waals surface area (Å²) in [4.78, 5) is 23.5. The van der Waals surface area contributed by atoms with Crippen molar-refractivity contribution in [1.29, 1.82) is 0 Å². The molecule has 0 aliphatic rings. The Morgan fingerprint density at radius 2 is 1.71 bits per heavy atom. The van der Waals surface area contributed by atoms with Gasteiger partial charge in [0.1, 0.15) is 11.8 Å². The van der Waals surface area contributed by atoms with Gasteiger partial charge in [-0.15, -0.1) is 0 Å². The van der Waals surface area contributed by atoms with E-state index in [0.29, 0.717) is 13.0 Å². The second kappa shape index (κ2) is 14.9. The van der Waals surface area contributed by atoms with Crippen molar-refractivity contribution in [1.82, 2.24) is 5.32 Å². The van der Waals surface area contributed by atoms with Crippen LogP contribution in [0.25, 0.3) is 0 Å². The zero-order chi connectivity index (χ0) is 20.6. The van der Waals surface area contributed by atoms with Gasteiger partial charge in [0.2, 0.25) is 5.91 Å². The molecule has 0 aliphatic heterocycles. The zero-order valence-electron chi connectivity index (χ0n) is 17.1. The summed E-state index contributed by atoms with van der Waals surface area (Å²) in [6.45, 7) is 3.51. The maximum atomic E-state index is 12.0. The number of nitrogens with one attached hydrogen (secondary N) is 1. The van der Waals surface area contributed by atoms with Gasteiger partial charge < -0.3 is 20.9 Å². The van der Waals surface area contributed by atoms with E-state index in [4.69, 9.17) is 10.5 Å². The zero-order valence-corrected chi connectivity index (χ0v) is 17.1. The van der Waals surface area contributed by atoms with Crippen LogP contribution in [0.1, 0.15) is 70.3 Å². The molecule has 158 valence electrons. The topological polar surface area (TPSA) is 102 Å². The van der Waals surface area contributed by atoms with E-state index in [1.807, 2.05) is 24.3 Å². The number of rotatable bonds is 16. The first-order chi connectivity index (χ1) is 13.6. The molecule has 1 rings (SSSR count). The van der Waals surface area contributed by atoms with Crippen LogP contribution in [0.4, 0.5) is 0 Å². The summed E-state index contributed by atoms with van der Waals surface area (Å²) in [6, 6.07) is 6.50. The second-order valence-corrected chi connectivity index (χ2v) is 7.17. The Morgan fingerprint density at radius 3 is 2.36 bits per heavy atom. The molecule has 1 unspecified atom stereocenters. The molecule has 0 saturated heterocycles. The summed E-state index contributed by atoms with van der Waals surface area (Å²) in [5, 5.41) is 12.0. The molecule has 6 nitrogen and oxygen atoms in total. The molecule has 1 aromatic carbocycles. The van der Waals surface area contributed by atoms with Crippen molar-refractivity contribution in [3.8, 4) is 5.75 Å². The van der Waals surface area contributed by atoms with Gasteiger partial charge in [-0.25, -0.2) is 4.79 Å². The first-order valence-corrected chi connectivity index (χ1v) is 10.5. The molecular weight excluding hydrogens is 356 g/mol. The Morgan fingerprint density at radius 1 is 1.04 bits per heavy atom. The Kier molecular flexibility index (Phi) is 12.8. The summed E-state index contributed by atoms with van der Waals surface area (Å²) in [7, 11) is 0. The molecule has 6 heteroatoms. The summed E-state index contributed by atoms with van der Waals surface area (Å²) in [6.07, 6.45) is 8.90. The van der Waals surface area contributed by atoms with Crippen LogP contribution in [0.5, 0.6) is 5.75 Å². The van der Waals surface area contributed by atoms with E-state index in [-0.39, 0.29) is 12.3 Å². The summed E-state index contributed by atoms with van der Waals surface area (Å²) >= 11 is 0. The van der Waals surface area contributed by atoms with E-state index in [1.165, 1.54) is 0 Å². The number of amides is 1. The van der Waals surface area contributed by atoms with Crippen molar-refractivity contribution < 1.29 is 19.4 Å². The van der Waals surface area contributed by atoms with Gasteiger partial charge in [-0.3, -0.25) is 4.79 Å². The van der Waals surface area contributed by atoms with E-state index in [0.717, 1.165) is 69.2 Å². The Labute approximate surface area is 168 Å². The van der Waals surface area contributed by atoms with Crippen LogP contribution in [0, 0.1) is 0 Å². The Bertz CT molecular complexity index is 560. The smallest absolute Gasteiger partial charge is 0.326 e. The molecule has 0 saturated carbocycles. The SMILES string of the molecule is CCCCCCC(=O)NC(Cc1ccc(OCCCCCCN)cc1)C(=O)O. The van der Waals surface area contributed by atoms with Gasteiger partial charge in [-0.1, -0.05) is 51.2 Å². The lowest BCUT2D eigenvalue weighted by Crippen LogP contribution is -2.42. The van der Waals surface area contributed by atoms with E-state index in [1.54, 1.807) is 0 Å². The van der Waals surface area contributed by atoms with Crippen LogP contribution in [0.15, 0.2) is 24.3 Å². The normalized spacial score (nSPS) is 11.8. The summed E-state index contributed by atoms with van der Waals surface area (Å²) < 4.78 is 5.71. The number of nitrogens with two attached hydrogens (primary N) is 1. The van der Waals surface area contributed by atoms with Crippen LogP contribution < -0.4 is 15.8 Å². The first kappa shape index (κ1) is 24.0. The number of carboxylic acids is 1. The molecule has 0 bridgehead atoms. The monoisotopic (exact) mass is 392 g/mol. The minimum absolute atomic E-state index is 0.196. The van der Waals surface area contributed by atoms with Gasteiger partial charge in [0, 0.05) is 12.8 Å². The molecular formula is C22H36N2O4. The molecule has 0 radical (unpaired) electrons. The summed E-state index contributed by atoms with van der Waals surface area (Å²) in [5.41, 5.74) is 6.32. The third kappa shape index (κ3) is 10.9. The lowest BCUT2D eigenvalue weighted by Gasteiger charge is -2.15. The number of carbonyl (C=O) groups is 2. The first-order valence-electron chi connectivity index (χ1n) is 10.5. The fraction of sp³-hybridized carbons (Fsp3) is 0.636. The average Bonchev–Trinajstić information content (AvgIpc) is 2.68. The molecule has 0 aliphatic carbocycles. The molecule has 1 aromatic rings. The van der Waals surface area contributed by atoms with Crippen molar-refractivity contribution >= 4 is 11.9 Å². The Hall–Kier alpha value is -2.08. The minimum Gasteiger partial charge on any atom is -0.494 e. The van der Waals surface area contributed by atoms with E-state index in [9.17, 15) is 14.7 Å². The highest BCUT2D eigenvalue weighted by molar-refractivity contribution is 5.83. The Balaban J connectivity index is 2.39. The number of hydrogen-bond acceptors (Lipinski definition) is 4. The standard InChI is InChI=1S/C22H36N2O4/c1-2-3-4-7-10-21(25)24-20(22(26)27)17-18-11-13-19(14-12-18)28-16-9-6-5-8-15-23/h11-14,20H,2-10,15-17,23H2,1H3,(H,24,25)(H,26,27). The molecule has 28 heavy (non-hydrogen) atoms. The van der Waals surface area contributed by atoms with Crippen molar-refractivity contribution in [2.24, 2.45) is 5.73 Å². The average molecular weight is 393 g/mol. The van der Waals surface area contributed by atoms with Crippen LogP contribution >= 0.6 is 0 Å². The highest BCUT2D eigenvalue weighted by Crippen LogP contribution is 2.15. The van der Waals surface area contributed by atoms with Crippen molar-refractivity contribution in [2.75, 3.05) is 13.2 Å². The number of carbonyl (C=O) groups excluding carboxylic acids is 1. The van der Waals surface area contributed by atoms with E-state index in [2.05, 4.69) is 12.2 Å². The molecule has 1 amide bonds. The number of ether oxygens (including phenoxy) is 1. The quantitative estimate of drug-likeness (QED) is 0.373. The molecule has 0 aromatic heterocycles. The third-order valence-corrected chi connectivity index (χ3v) is 4.62. The second-order valence-electron chi connectivity index (χ2n) is 7.17. The van der Waals surface area contributed by atoms with Gasteiger partial charge in [0.15, 0.2) is 0 Å². The number of unbranched alkanes of at least 4 members (excludes halogenated alkanes) is 6. The molecule has 0 fully saturated rings. The van der Waals surface area contributed by atoms with Gasteiger partial charge in [0.05, 0.1) is 6.61 Å². The van der Waals surface area contributed by atoms with Crippen molar-refractivity contribution in [2.45, 2.75) is 77.2 Å². The largest absolute Gasteiger partial charge is 0.494 e. The van der Waals surface area contributed by atoms with Gasteiger partial charge in [0.25, 0.3) is 0 Å². The number of carboxylic acid groups (broad SMARTS) is 1. The lowest BCUT2D eigenvalue weighted by atomic mass is 10.1. The lowest BCUT2D eigenvalue weighted by molar-refractivity contribution is -0.141. The molecule has 0 heterocycles. The van der Waals surface area contributed by atoms with Crippen molar-refractivity contribution in [3.05, 3.63) is 29.8 Å². The predicted octanol–water partition coefficient (Wildman–Crippen LogP) is 3.67. The predicted molar refractivity (Wildman–Crippen MR) is 111 cm³/mol. The van der Waals surface area contributed by atoms with E-state index < -0.39 is 12.0 Å². The fourth-order valence-corrected chi connectivity index (χ4v) is 2.93. The number of hydrogen-bond donors (Lipinski definition) is 3. The fourth-order valence-electron chi connectivity index (χ4n) is 2.93. The molecule has 0 spiro atoms. The minimum atomic E-state index is -1.01. The van der Waals surface area contributed by atoms with E-state index >= 15 is 0 Å². The van der Waals surface area contributed by atoms with Crippen LogP contribution in [0.2, 0.25) is 0 Å². The highest BCUT2D eigenvalue weighted by atomic mass is 16.5. The van der Waals surface area contributed by atoms with Crippen molar-refractivity contribution in [3.63, 3.8) is 0 Å². The van der Waals surface area contributed by atoms with Gasteiger partial charge in [-0.2, -0.15) is 0 Å².